The number of anilines is 1. The highest BCUT2D eigenvalue weighted by Gasteiger charge is 2.26. The molecule has 0 bridgehead atoms. The summed E-state index contributed by atoms with van der Waals surface area (Å²) < 4.78 is 27.0. The van der Waals surface area contributed by atoms with Crippen molar-refractivity contribution in [1.29, 1.82) is 0 Å². The Labute approximate surface area is 170 Å². The van der Waals surface area contributed by atoms with E-state index in [1.165, 1.54) is 12.1 Å². The fourth-order valence-corrected chi connectivity index (χ4v) is 5.59. The molecule has 3 rings (SSSR count). The van der Waals surface area contributed by atoms with Gasteiger partial charge in [-0.2, -0.15) is 0 Å². The lowest BCUT2D eigenvalue weighted by molar-refractivity contribution is 0.223. The van der Waals surface area contributed by atoms with Gasteiger partial charge >= 0.3 is 0 Å². The van der Waals surface area contributed by atoms with Gasteiger partial charge in [0.2, 0.25) is 10.0 Å². The third-order valence-electron chi connectivity index (χ3n) is 6.03. The second-order valence-corrected chi connectivity index (χ2v) is 9.99. The smallest absolute Gasteiger partial charge is 0.212 e. The van der Waals surface area contributed by atoms with Crippen LogP contribution in [-0.4, -0.2) is 56.8 Å². The van der Waals surface area contributed by atoms with Crippen LogP contribution in [0.15, 0.2) is 24.5 Å². The Kier molecular flexibility index (Phi) is 8.11. The van der Waals surface area contributed by atoms with Gasteiger partial charge in [0.05, 0.1) is 11.8 Å². The first-order valence-electron chi connectivity index (χ1n) is 10.8. The van der Waals surface area contributed by atoms with Crippen molar-refractivity contribution in [3.8, 4) is 0 Å². The molecule has 0 aromatic carbocycles. The minimum atomic E-state index is -3.12. The summed E-state index contributed by atoms with van der Waals surface area (Å²) in [6.07, 6.45) is 10.6. The van der Waals surface area contributed by atoms with E-state index < -0.39 is 10.0 Å². The summed E-state index contributed by atoms with van der Waals surface area (Å²) in [5.74, 6) is 0.976. The molecule has 0 unspecified atom stereocenters. The molecule has 1 radical (unpaired) electrons. The Morgan fingerprint density at radius 2 is 1.79 bits per heavy atom. The van der Waals surface area contributed by atoms with Gasteiger partial charge < -0.3 is 4.90 Å². The van der Waals surface area contributed by atoms with Crippen molar-refractivity contribution in [2.75, 3.05) is 43.4 Å². The number of hydrogen-bond acceptors (Lipinski definition) is 5. The number of aromatic nitrogens is 1. The SMILES string of the molecule is CCCCS(=O)(=O)N[C]1CCC(CCN2CCN(c3ccncc3)CC2)CC1. The molecule has 0 amide bonds. The average Bonchev–Trinajstić information content (AvgIpc) is 2.73. The summed E-state index contributed by atoms with van der Waals surface area (Å²) in [6, 6.07) is 5.20. The van der Waals surface area contributed by atoms with Crippen LogP contribution in [0.4, 0.5) is 5.69 Å². The molecule has 1 aliphatic heterocycles. The highest BCUT2D eigenvalue weighted by atomic mass is 32.2. The molecule has 1 saturated carbocycles. The maximum atomic E-state index is 12.1. The molecule has 1 aromatic heterocycles. The Balaban J connectivity index is 1.32. The fraction of sp³-hybridized carbons (Fsp3) is 0.714. The Hall–Kier alpha value is -1.18. The molecule has 1 N–H and O–H groups in total. The molecule has 1 saturated heterocycles. The molecule has 6 nitrogen and oxygen atoms in total. The van der Waals surface area contributed by atoms with Crippen LogP contribution in [-0.2, 0) is 10.0 Å². The zero-order valence-corrected chi connectivity index (χ0v) is 18.0. The van der Waals surface area contributed by atoms with Crippen LogP contribution < -0.4 is 9.62 Å². The van der Waals surface area contributed by atoms with E-state index in [0.29, 0.717) is 0 Å². The maximum absolute atomic E-state index is 12.1. The topological polar surface area (TPSA) is 65.5 Å². The number of nitrogens with zero attached hydrogens (tertiary/aromatic N) is 3. The molecule has 2 fully saturated rings. The maximum Gasteiger partial charge on any atom is 0.212 e. The monoisotopic (exact) mass is 407 g/mol. The van der Waals surface area contributed by atoms with E-state index in [1.54, 1.807) is 0 Å². The normalized spacial score (nSPS) is 20.5. The number of hydrogen-bond donors (Lipinski definition) is 1. The predicted octanol–water partition coefficient (Wildman–Crippen LogP) is 3.04. The number of pyridine rings is 1. The number of nitrogens with one attached hydrogen (secondary N) is 1. The second kappa shape index (κ2) is 10.6. The number of sulfonamides is 1. The zero-order valence-electron chi connectivity index (χ0n) is 17.1. The van der Waals surface area contributed by atoms with Gasteiger partial charge in [0.1, 0.15) is 0 Å². The van der Waals surface area contributed by atoms with Crippen LogP contribution in [0.2, 0.25) is 0 Å². The van der Waals surface area contributed by atoms with Gasteiger partial charge in [-0.25, -0.2) is 13.1 Å². The molecule has 2 aliphatic rings. The van der Waals surface area contributed by atoms with Crippen molar-refractivity contribution in [1.82, 2.24) is 14.6 Å². The lowest BCUT2D eigenvalue weighted by atomic mass is 9.84. The first-order valence-corrected chi connectivity index (χ1v) is 12.4. The van der Waals surface area contributed by atoms with Crippen molar-refractivity contribution in [3.63, 3.8) is 0 Å². The van der Waals surface area contributed by atoms with Crippen LogP contribution in [0, 0.1) is 12.0 Å². The van der Waals surface area contributed by atoms with E-state index in [4.69, 9.17) is 0 Å². The van der Waals surface area contributed by atoms with Gasteiger partial charge in [-0.15, -0.1) is 0 Å². The predicted molar refractivity (Wildman–Crippen MR) is 115 cm³/mol. The lowest BCUT2D eigenvalue weighted by Gasteiger charge is -2.37. The number of rotatable bonds is 9. The molecule has 2 heterocycles. The summed E-state index contributed by atoms with van der Waals surface area (Å²) in [7, 11) is -3.12. The van der Waals surface area contributed by atoms with Crippen LogP contribution >= 0.6 is 0 Å². The molecule has 7 heteroatoms. The van der Waals surface area contributed by atoms with Crippen LogP contribution in [0.1, 0.15) is 51.9 Å². The second-order valence-electron chi connectivity index (χ2n) is 8.14. The van der Waals surface area contributed by atoms with Gasteiger partial charge in [0.15, 0.2) is 0 Å². The van der Waals surface area contributed by atoms with Crippen LogP contribution in [0.25, 0.3) is 0 Å². The van der Waals surface area contributed by atoms with Crippen molar-refractivity contribution >= 4 is 15.7 Å². The summed E-state index contributed by atoms with van der Waals surface area (Å²) in [5, 5.41) is 0. The Bertz CT molecular complexity index is 667. The van der Waals surface area contributed by atoms with Crippen LogP contribution in [0.5, 0.6) is 0 Å². The molecule has 157 valence electrons. The van der Waals surface area contributed by atoms with E-state index in [1.807, 2.05) is 19.3 Å². The minimum Gasteiger partial charge on any atom is -0.369 e. The van der Waals surface area contributed by atoms with Crippen molar-refractivity contribution < 1.29 is 8.42 Å². The quantitative estimate of drug-likeness (QED) is 0.682. The number of piperazine rings is 1. The van der Waals surface area contributed by atoms with Gasteiger partial charge in [-0.05, 0) is 63.1 Å². The largest absolute Gasteiger partial charge is 0.369 e. The molecule has 0 atom stereocenters. The van der Waals surface area contributed by atoms with E-state index in [-0.39, 0.29) is 5.75 Å². The lowest BCUT2D eigenvalue weighted by Crippen LogP contribution is -2.47. The molecule has 1 aliphatic carbocycles. The van der Waals surface area contributed by atoms with E-state index in [2.05, 4.69) is 31.6 Å². The first kappa shape index (κ1) is 21.5. The van der Waals surface area contributed by atoms with Gasteiger partial charge in [0, 0.05) is 44.3 Å². The van der Waals surface area contributed by atoms with Gasteiger partial charge in [0.25, 0.3) is 0 Å². The Morgan fingerprint density at radius 3 is 2.43 bits per heavy atom. The fourth-order valence-electron chi connectivity index (χ4n) is 4.17. The van der Waals surface area contributed by atoms with Gasteiger partial charge in [-0.1, -0.05) is 13.3 Å². The molecule has 0 spiro atoms. The summed E-state index contributed by atoms with van der Waals surface area (Å²) >= 11 is 0. The molecule has 1 aromatic rings. The van der Waals surface area contributed by atoms with E-state index in [9.17, 15) is 8.42 Å². The first-order chi connectivity index (χ1) is 13.6. The summed E-state index contributed by atoms with van der Waals surface area (Å²) in [6.45, 7) is 7.56. The molecular formula is C21H35N4O2S. The van der Waals surface area contributed by atoms with Crippen molar-refractivity contribution in [2.24, 2.45) is 5.92 Å². The summed E-state index contributed by atoms with van der Waals surface area (Å²) in [5.41, 5.74) is 1.27. The number of unbranched alkanes of at least 4 members (excludes halogenated alkanes) is 1. The Morgan fingerprint density at radius 1 is 1.11 bits per heavy atom. The highest BCUT2D eigenvalue weighted by Crippen LogP contribution is 2.31. The van der Waals surface area contributed by atoms with Crippen molar-refractivity contribution in [2.45, 2.75) is 51.9 Å². The highest BCUT2D eigenvalue weighted by molar-refractivity contribution is 7.89. The molecular weight excluding hydrogens is 372 g/mol. The van der Waals surface area contributed by atoms with E-state index in [0.717, 1.165) is 83.2 Å². The third kappa shape index (κ3) is 6.71. The molecule has 28 heavy (non-hydrogen) atoms. The minimum absolute atomic E-state index is 0.252. The van der Waals surface area contributed by atoms with Crippen molar-refractivity contribution in [3.05, 3.63) is 30.6 Å². The third-order valence-corrected chi connectivity index (χ3v) is 7.45. The van der Waals surface area contributed by atoms with Crippen LogP contribution in [0.3, 0.4) is 0 Å². The zero-order chi connectivity index (χ0) is 19.8. The standard InChI is InChI=1S/C21H35N4O2S/c1-2-3-18-28(26,27)23-20-6-4-19(5-7-20)10-13-24-14-16-25(17-15-24)21-8-11-22-12-9-21/h8-9,11-12,19,23H,2-7,10,13-18H2,1H3. The van der Waals surface area contributed by atoms with E-state index >= 15 is 0 Å². The average molecular weight is 408 g/mol. The summed E-state index contributed by atoms with van der Waals surface area (Å²) in [4.78, 5) is 9.11. The van der Waals surface area contributed by atoms with Gasteiger partial charge in [-0.3, -0.25) is 9.88 Å².